The molecular weight excluding hydrogens is 366 g/mol. The maximum Gasteiger partial charge on any atom is 0.347 e. The van der Waals surface area contributed by atoms with E-state index < -0.39 is 5.63 Å². The zero-order valence-corrected chi connectivity index (χ0v) is 16.9. The van der Waals surface area contributed by atoms with Crippen molar-refractivity contribution in [3.63, 3.8) is 0 Å². The van der Waals surface area contributed by atoms with E-state index in [0.29, 0.717) is 16.9 Å². The van der Waals surface area contributed by atoms with Gasteiger partial charge in [0.1, 0.15) is 22.5 Å². The number of likely N-dealkylation sites (N-methyl/N-ethyl adjacent to an activating group) is 1. The molecule has 0 amide bonds. The number of anilines is 1. The first-order valence-corrected chi connectivity index (χ1v) is 9.87. The highest BCUT2D eigenvalue weighted by molar-refractivity contribution is 5.88. The van der Waals surface area contributed by atoms with Crippen molar-refractivity contribution >= 4 is 27.6 Å². The van der Waals surface area contributed by atoms with E-state index in [1.165, 1.54) is 0 Å². The lowest BCUT2D eigenvalue weighted by Gasteiger charge is -2.34. The van der Waals surface area contributed by atoms with Gasteiger partial charge in [-0.2, -0.15) is 0 Å². The van der Waals surface area contributed by atoms with Gasteiger partial charge in [-0.05, 0) is 45.2 Å². The largest absolute Gasteiger partial charge is 0.456 e. The summed E-state index contributed by atoms with van der Waals surface area (Å²) in [6, 6.07) is 11.7. The molecular formula is C23H23N3O3. The summed E-state index contributed by atoms with van der Waals surface area (Å²) in [5.41, 5.74) is 4.22. The Morgan fingerprint density at radius 1 is 0.931 bits per heavy atom. The van der Waals surface area contributed by atoms with Gasteiger partial charge in [-0.15, -0.1) is 0 Å². The zero-order valence-electron chi connectivity index (χ0n) is 16.9. The van der Waals surface area contributed by atoms with E-state index in [9.17, 15) is 4.79 Å². The molecule has 0 radical (unpaired) electrons. The molecule has 0 spiro atoms. The number of benzene rings is 1. The summed E-state index contributed by atoms with van der Waals surface area (Å²) in [6.07, 6.45) is 0. The maximum atomic E-state index is 12.7. The van der Waals surface area contributed by atoms with E-state index in [-0.39, 0.29) is 0 Å². The average molecular weight is 389 g/mol. The molecule has 1 aliphatic rings. The predicted octanol–water partition coefficient (Wildman–Crippen LogP) is 3.97. The minimum atomic E-state index is -0.394. The van der Waals surface area contributed by atoms with E-state index in [1.54, 1.807) is 0 Å². The van der Waals surface area contributed by atoms with E-state index in [1.807, 2.05) is 44.2 Å². The molecule has 29 heavy (non-hydrogen) atoms. The number of pyridine rings is 1. The second kappa shape index (κ2) is 6.74. The van der Waals surface area contributed by atoms with Crippen LogP contribution in [-0.4, -0.2) is 43.1 Å². The molecule has 1 aromatic carbocycles. The number of nitrogens with zero attached hydrogens (tertiary/aromatic N) is 3. The zero-order chi connectivity index (χ0) is 20.1. The Hall–Kier alpha value is -3.12. The van der Waals surface area contributed by atoms with E-state index in [2.05, 4.69) is 27.9 Å². The quantitative estimate of drug-likeness (QED) is 0.484. The fourth-order valence-electron chi connectivity index (χ4n) is 4.01. The van der Waals surface area contributed by atoms with Gasteiger partial charge in [-0.25, -0.2) is 4.79 Å². The van der Waals surface area contributed by atoms with Crippen molar-refractivity contribution in [2.75, 3.05) is 38.1 Å². The summed E-state index contributed by atoms with van der Waals surface area (Å²) < 4.78 is 11.6. The van der Waals surface area contributed by atoms with Gasteiger partial charge in [-0.1, -0.05) is 0 Å². The van der Waals surface area contributed by atoms with Crippen LogP contribution in [0.2, 0.25) is 0 Å². The van der Waals surface area contributed by atoms with Gasteiger partial charge in [0.25, 0.3) is 0 Å². The third kappa shape index (κ3) is 3.19. The summed E-state index contributed by atoms with van der Waals surface area (Å²) >= 11 is 0. The minimum absolute atomic E-state index is 0.394. The summed E-state index contributed by atoms with van der Waals surface area (Å²) in [5.74, 6) is 0.509. The van der Waals surface area contributed by atoms with Crippen LogP contribution in [0.5, 0.6) is 0 Å². The van der Waals surface area contributed by atoms with Crippen LogP contribution in [0.15, 0.2) is 50.0 Å². The van der Waals surface area contributed by atoms with Crippen molar-refractivity contribution < 1.29 is 8.83 Å². The van der Waals surface area contributed by atoms with E-state index in [0.717, 1.165) is 59.6 Å². The lowest BCUT2D eigenvalue weighted by atomic mass is 10.1. The fraction of sp³-hybridized carbons (Fsp3) is 0.304. The molecule has 1 fully saturated rings. The molecule has 6 heteroatoms. The first-order valence-electron chi connectivity index (χ1n) is 9.87. The summed E-state index contributed by atoms with van der Waals surface area (Å²) in [7, 11) is 2.13. The van der Waals surface area contributed by atoms with Crippen molar-refractivity contribution in [1.29, 1.82) is 0 Å². The summed E-state index contributed by atoms with van der Waals surface area (Å²) in [6.45, 7) is 7.86. The first-order chi connectivity index (χ1) is 14.0. The Balaban J connectivity index is 1.56. The van der Waals surface area contributed by atoms with Crippen LogP contribution in [-0.2, 0) is 0 Å². The molecule has 1 saturated heterocycles. The molecule has 0 atom stereocenters. The number of piperazine rings is 1. The highest BCUT2D eigenvalue weighted by Crippen LogP contribution is 2.30. The number of aryl methyl sites for hydroxylation is 2. The molecule has 0 unspecified atom stereocenters. The number of hydrogen-bond acceptors (Lipinski definition) is 6. The number of hydrogen-bond donors (Lipinski definition) is 0. The lowest BCUT2D eigenvalue weighted by Crippen LogP contribution is -2.44. The van der Waals surface area contributed by atoms with Crippen molar-refractivity contribution in [2.45, 2.75) is 13.8 Å². The standard InChI is InChI=1S/C23H23N3O3/c1-14-10-21-18(15(2)24-14)13-22(28-21)19-11-16-4-5-17(12-20(16)29-23(19)27)26-8-6-25(3)7-9-26/h4-5,10-13H,6-9H2,1-3H3. The van der Waals surface area contributed by atoms with Crippen molar-refractivity contribution in [1.82, 2.24) is 9.88 Å². The van der Waals surface area contributed by atoms with Gasteiger partial charge in [0.15, 0.2) is 0 Å². The molecule has 0 aliphatic carbocycles. The third-order valence-electron chi connectivity index (χ3n) is 5.69. The van der Waals surface area contributed by atoms with Gasteiger partial charge >= 0.3 is 5.63 Å². The monoisotopic (exact) mass is 389 g/mol. The van der Waals surface area contributed by atoms with Crippen LogP contribution >= 0.6 is 0 Å². The van der Waals surface area contributed by atoms with Gasteiger partial charge in [-0.3, -0.25) is 4.98 Å². The van der Waals surface area contributed by atoms with Crippen molar-refractivity contribution in [3.8, 4) is 11.3 Å². The van der Waals surface area contributed by atoms with Gasteiger partial charge < -0.3 is 18.6 Å². The molecule has 0 saturated carbocycles. The van der Waals surface area contributed by atoms with E-state index >= 15 is 0 Å². The molecule has 148 valence electrons. The SMILES string of the molecule is Cc1cc2oc(-c3cc4ccc(N5CCN(C)CC5)cc4oc3=O)cc2c(C)n1. The molecule has 1 aliphatic heterocycles. The molecule has 6 nitrogen and oxygen atoms in total. The lowest BCUT2D eigenvalue weighted by molar-refractivity contribution is 0.313. The van der Waals surface area contributed by atoms with Gasteiger partial charge in [0.05, 0.1) is 0 Å². The smallest absolute Gasteiger partial charge is 0.347 e. The first kappa shape index (κ1) is 17.9. The van der Waals surface area contributed by atoms with Crippen LogP contribution in [0.25, 0.3) is 33.3 Å². The van der Waals surface area contributed by atoms with Crippen molar-refractivity contribution in [3.05, 3.63) is 58.2 Å². The number of fused-ring (bicyclic) bond motifs is 2. The van der Waals surface area contributed by atoms with Gasteiger partial charge in [0, 0.05) is 66.2 Å². The second-order valence-electron chi connectivity index (χ2n) is 7.83. The molecule has 0 bridgehead atoms. The Kier molecular flexibility index (Phi) is 4.17. The normalized spacial score (nSPS) is 15.5. The average Bonchev–Trinajstić information content (AvgIpc) is 3.11. The molecule has 0 N–H and O–H groups in total. The second-order valence-corrected chi connectivity index (χ2v) is 7.83. The highest BCUT2D eigenvalue weighted by atomic mass is 16.4. The Labute approximate surface area is 168 Å². The minimum Gasteiger partial charge on any atom is -0.456 e. The number of rotatable bonds is 2. The molecule has 4 heterocycles. The fourth-order valence-corrected chi connectivity index (χ4v) is 4.01. The van der Waals surface area contributed by atoms with Crippen LogP contribution < -0.4 is 10.5 Å². The molecule has 5 rings (SSSR count). The number of furan rings is 1. The van der Waals surface area contributed by atoms with E-state index in [4.69, 9.17) is 8.83 Å². The Morgan fingerprint density at radius 3 is 2.52 bits per heavy atom. The van der Waals surface area contributed by atoms with Crippen LogP contribution in [0.4, 0.5) is 5.69 Å². The van der Waals surface area contributed by atoms with Crippen molar-refractivity contribution in [2.24, 2.45) is 0 Å². The molecule has 4 aromatic rings. The van der Waals surface area contributed by atoms with Gasteiger partial charge in [0.2, 0.25) is 0 Å². The Morgan fingerprint density at radius 2 is 1.72 bits per heavy atom. The topological polar surface area (TPSA) is 62.7 Å². The summed E-state index contributed by atoms with van der Waals surface area (Å²) in [5, 5.41) is 1.79. The summed E-state index contributed by atoms with van der Waals surface area (Å²) in [4.78, 5) is 21.8. The molecule has 3 aromatic heterocycles. The number of aromatic nitrogens is 1. The van der Waals surface area contributed by atoms with Crippen LogP contribution in [0.1, 0.15) is 11.4 Å². The maximum absolute atomic E-state index is 12.7. The highest BCUT2D eigenvalue weighted by Gasteiger charge is 2.17. The van der Waals surface area contributed by atoms with Crippen LogP contribution in [0, 0.1) is 13.8 Å². The van der Waals surface area contributed by atoms with Crippen LogP contribution in [0.3, 0.4) is 0 Å². The predicted molar refractivity (Wildman–Crippen MR) is 115 cm³/mol. The third-order valence-corrected chi connectivity index (χ3v) is 5.69. The Bertz CT molecular complexity index is 1280.